The van der Waals surface area contributed by atoms with Gasteiger partial charge in [0.15, 0.2) is 0 Å². The molecule has 2 atom stereocenters. The zero-order valence-electron chi connectivity index (χ0n) is 10.9. The highest BCUT2D eigenvalue weighted by Gasteiger charge is 2.31. The van der Waals surface area contributed by atoms with Gasteiger partial charge in [0.05, 0.1) is 11.2 Å². The Morgan fingerprint density at radius 1 is 1.12 bits per heavy atom. The van der Waals surface area contributed by atoms with E-state index in [0.29, 0.717) is 0 Å². The SMILES string of the molecule is [2H]C([2H])([2H])C(C)(O)C(C)(O)C([2H])([2H])[2H]. The number of rotatable bonds is 1. The molecule has 0 heterocycles. The first-order valence-corrected chi connectivity index (χ1v) is 2.20. The van der Waals surface area contributed by atoms with E-state index in [4.69, 9.17) is 8.22 Å². The van der Waals surface area contributed by atoms with Gasteiger partial charge in [-0.3, -0.25) is 0 Å². The highest BCUT2D eigenvalue weighted by molar-refractivity contribution is 4.84. The van der Waals surface area contributed by atoms with Crippen molar-refractivity contribution in [3.8, 4) is 0 Å². The first-order chi connectivity index (χ1) is 5.75. The van der Waals surface area contributed by atoms with E-state index in [9.17, 15) is 10.2 Å². The summed E-state index contributed by atoms with van der Waals surface area (Å²) in [4.78, 5) is 0. The van der Waals surface area contributed by atoms with Crippen molar-refractivity contribution in [2.75, 3.05) is 0 Å². The van der Waals surface area contributed by atoms with Gasteiger partial charge < -0.3 is 10.2 Å². The molecule has 50 valence electrons. The van der Waals surface area contributed by atoms with Crippen LogP contribution >= 0.6 is 0 Å². The molecule has 2 nitrogen and oxygen atoms in total. The van der Waals surface area contributed by atoms with Crippen LogP contribution in [0.5, 0.6) is 0 Å². The largest absolute Gasteiger partial charge is 0.387 e. The minimum atomic E-state index is -2.97. The summed E-state index contributed by atoms with van der Waals surface area (Å²) in [5.74, 6) is 0. The van der Waals surface area contributed by atoms with Crippen molar-refractivity contribution in [3.63, 3.8) is 0 Å². The van der Waals surface area contributed by atoms with Crippen molar-refractivity contribution >= 4 is 0 Å². The first kappa shape index (κ1) is 2.27. The summed E-state index contributed by atoms with van der Waals surface area (Å²) in [5.41, 5.74) is -5.38. The van der Waals surface area contributed by atoms with Gasteiger partial charge in [-0.15, -0.1) is 0 Å². The maximum atomic E-state index is 9.54. The molecule has 0 amide bonds. The Labute approximate surface area is 58.6 Å². The van der Waals surface area contributed by atoms with Gasteiger partial charge in [0.25, 0.3) is 0 Å². The van der Waals surface area contributed by atoms with Crippen molar-refractivity contribution in [1.82, 2.24) is 0 Å². The van der Waals surface area contributed by atoms with E-state index in [1.807, 2.05) is 0 Å². The Balaban J connectivity index is 5.30. The van der Waals surface area contributed by atoms with Crippen LogP contribution in [0.2, 0.25) is 0 Å². The third kappa shape index (κ3) is 1.80. The quantitative estimate of drug-likeness (QED) is 0.535. The Morgan fingerprint density at radius 3 is 1.50 bits per heavy atom. The second-order valence-electron chi connectivity index (χ2n) is 2.14. The molecule has 0 spiro atoms. The van der Waals surface area contributed by atoms with Crippen LogP contribution in [0.25, 0.3) is 0 Å². The Hall–Kier alpha value is -0.0800. The van der Waals surface area contributed by atoms with Crippen LogP contribution in [0, 0.1) is 0 Å². The van der Waals surface area contributed by atoms with Crippen molar-refractivity contribution < 1.29 is 18.4 Å². The van der Waals surface area contributed by atoms with E-state index in [2.05, 4.69) is 0 Å². The molecule has 0 saturated carbocycles. The van der Waals surface area contributed by atoms with Crippen molar-refractivity contribution in [3.05, 3.63) is 0 Å². The summed E-state index contributed by atoms with van der Waals surface area (Å²) >= 11 is 0. The molecule has 0 bridgehead atoms. The third-order valence-corrected chi connectivity index (χ3v) is 0.948. The molecule has 2 heteroatoms. The molecule has 0 fully saturated rings. The maximum Gasteiger partial charge on any atom is 0.0872 e. The summed E-state index contributed by atoms with van der Waals surface area (Å²) in [6.45, 7) is -4.37. The summed E-state index contributed by atoms with van der Waals surface area (Å²) in [6, 6.07) is 0. The fraction of sp³-hybridized carbons (Fsp3) is 1.00. The number of hydrogen-bond acceptors (Lipinski definition) is 2. The van der Waals surface area contributed by atoms with Gasteiger partial charge >= 0.3 is 0 Å². The molecule has 0 radical (unpaired) electrons. The maximum absolute atomic E-state index is 9.54. The molecule has 0 aromatic heterocycles. The van der Waals surface area contributed by atoms with E-state index in [1.54, 1.807) is 0 Å². The Kier molecular flexibility index (Phi) is 0.485. The highest BCUT2D eigenvalue weighted by Crippen LogP contribution is 2.18. The lowest BCUT2D eigenvalue weighted by molar-refractivity contribution is -0.107. The molecule has 0 aliphatic rings. The minimum Gasteiger partial charge on any atom is -0.387 e. The molecule has 2 unspecified atom stereocenters. The molecule has 0 aliphatic heterocycles. The van der Waals surface area contributed by atoms with Crippen molar-refractivity contribution in [2.45, 2.75) is 38.8 Å². The molecule has 0 aromatic carbocycles. The van der Waals surface area contributed by atoms with Crippen LogP contribution in [-0.2, 0) is 0 Å². The van der Waals surface area contributed by atoms with Gasteiger partial charge in [-0.05, 0) is 27.6 Å². The van der Waals surface area contributed by atoms with Gasteiger partial charge in [0.1, 0.15) is 0 Å². The smallest absolute Gasteiger partial charge is 0.0872 e. The molecular formula is C6H14O2. The lowest BCUT2D eigenvalue weighted by Crippen LogP contribution is -2.44. The summed E-state index contributed by atoms with van der Waals surface area (Å²) in [7, 11) is 0. The van der Waals surface area contributed by atoms with E-state index in [1.165, 1.54) is 0 Å². The molecule has 0 aliphatic carbocycles. The Bertz CT molecular complexity index is 189. The van der Waals surface area contributed by atoms with E-state index >= 15 is 0 Å². The van der Waals surface area contributed by atoms with Gasteiger partial charge in [0, 0.05) is 8.22 Å². The van der Waals surface area contributed by atoms with Crippen molar-refractivity contribution in [1.29, 1.82) is 0 Å². The average molecular weight is 124 g/mol. The van der Waals surface area contributed by atoms with Crippen LogP contribution in [0.1, 0.15) is 35.8 Å². The highest BCUT2D eigenvalue weighted by atomic mass is 16.3. The molecule has 8 heavy (non-hydrogen) atoms. The molecule has 0 saturated heterocycles. The second-order valence-corrected chi connectivity index (χ2v) is 2.14. The molecule has 0 rings (SSSR count). The van der Waals surface area contributed by atoms with Crippen molar-refractivity contribution in [2.24, 2.45) is 0 Å². The first-order valence-electron chi connectivity index (χ1n) is 5.20. The Morgan fingerprint density at radius 2 is 1.38 bits per heavy atom. The van der Waals surface area contributed by atoms with Crippen LogP contribution in [0.4, 0.5) is 0 Å². The topological polar surface area (TPSA) is 40.5 Å². The van der Waals surface area contributed by atoms with Gasteiger partial charge in [-0.25, -0.2) is 0 Å². The van der Waals surface area contributed by atoms with Crippen LogP contribution in [0.15, 0.2) is 0 Å². The van der Waals surface area contributed by atoms with E-state index < -0.39 is 24.9 Å². The average Bonchev–Trinajstić information content (AvgIpc) is 1.81. The van der Waals surface area contributed by atoms with Crippen LogP contribution in [-0.4, -0.2) is 21.4 Å². The lowest BCUT2D eigenvalue weighted by atomic mass is 9.90. The summed E-state index contributed by atoms with van der Waals surface area (Å²) in [6.07, 6.45) is 0. The lowest BCUT2D eigenvalue weighted by Gasteiger charge is -2.31. The third-order valence-electron chi connectivity index (χ3n) is 0.948. The zero-order valence-corrected chi connectivity index (χ0v) is 4.89. The van der Waals surface area contributed by atoms with Gasteiger partial charge in [-0.2, -0.15) is 0 Å². The van der Waals surface area contributed by atoms with E-state index in [-0.39, 0.29) is 0 Å². The normalized spacial score (nSPS) is 40.5. The fourth-order valence-corrected chi connectivity index (χ4v) is 0. The standard InChI is InChI=1S/C6H14O2/c1-5(2,7)6(3,4)8/h7-8H,1-4H3/i1D3,3D3. The molecular weight excluding hydrogens is 104 g/mol. The van der Waals surface area contributed by atoms with Crippen LogP contribution in [0.3, 0.4) is 0 Å². The van der Waals surface area contributed by atoms with E-state index in [0.717, 1.165) is 13.8 Å². The number of hydrogen-bond donors (Lipinski definition) is 2. The van der Waals surface area contributed by atoms with Gasteiger partial charge in [-0.1, -0.05) is 0 Å². The second kappa shape index (κ2) is 1.71. The van der Waals surface area contributed by atoms with Gasteiger partial charge in [0.2, 0.25) is 0 Å². The summed E-state index contributed by atoms with van der Waals surface area (Å²) < 4.78 is 41.7. The monoisotopic (exact) mass is 124 g/mol. The minimum absolute atomic E-state index is 0.784. The number of aliphatic hydroxyl groups is 2. The fourth-order valence-electron chi connectivity index (χ4n) is 0. The van der Waals surface area contributed by atoms with Crippen LogP contribution < -0.4 is 0 Å². The summed E-state index contributed by atoms with van der Waals surface area (Å²) in [5, 5.41) is 19.1. The predicted octanol–water partition coefficient (Wildman–Crippen LogP) is 0.528. The molecule has 0 aromatic rings. The zero-order chi connectivity index (χ0) is 12.0. The molecule has 2 N–H and O–H groups in total. The predicted molar refractivity (Wildman–Crippen MR) is 32.6 cm³/mol.